The van der Waals surface area contributed by atoms with E-state index in [2.05, 4.69) is 27.0 Å². The summed E-state index contributed by atoms with van der Waals surface area (Å²) in [5, 5.41) is 13.9. The zero-order chi connectivity index (χ0) is 19.8. The van der Waals surface area contributed by atoms with E-state index in [9.17, 15) is 9.90 Å². The van der Waals surface area contributed by atoms with Gasteiger partial charge in [-0.25, -0.2) is 9.78 Å². The van der Waals surface area contributed by atoms with Crippen LogP contribution < -0.4 is 5.32 Å². The van der Waals surface area contributed by atoms with E-state index in [-0.39, 0.29) is 0 Å². The fourth-order valence-corrected chi connectivity index (χ4v) is 3.73. The van der Waals surface area contributed by atoms with Crippen LogP contribution in [0.3, 0.4) is 0 Å². The fourth-order valence-electron chi connectivity index (χ4n) is 3.73. The van der Waals surface area contributed by atoms with Crippen LogP contribution in [0.5, 0.6) is 0 Å². The average Bonchev–Trinajstić information content (AvgIpc) is 3.51. The summed E-state index contributed by atoms with van der Waals surface area (Å²) in [5.41, 5.74) is 4.90. The molecule has 2 aromatic heterocycles. The monoisotopic (exact) mass is 383 g/mol. The highest BCUT2D eigenvalue weighted by molar-refractivity contribution is 5.96. The molecule has 0 atom stereocenters. The number of nitrogens with zero attached hydrogens (tertiary/aromatic N) is 2. The number of carbonyl (C=O) groups is 1. The molecule has 4 aromatic rings. The minimum absolute atomic E-state index is 0.302. The van der Waals surface area contributed by atoms with Gasteiger partial charge in [0.25, 0.3) is 0 Å². The predicted molar refractivity (Wildman–Crippen MR) is 114 cm³/mol. The third-order valence-corrected chi connectivity index (χ3v) is 5.40. The Morgan fingerprint density at radius 1 is 1.10 bits per heavy atom. The van der Waals surface area contributed by atoms with Crippen molar-refractivity contribution in [1.29, 1.82) is 0 Å². The lowest BCUT2D eigenvalue weighted by atomic mass is 10.0. The van der Waals surface area contributed by atoms with Crippen LogP contribution in [0.15, 0.2) is 73.1 Å². The maximum Gasteiger partial charge on any atom is 0.337 e. The van der Waals surface area contributed by atoms with E-state index >= 15 is 0 Å². The molecule has 5 rings (SSSR count). The van der Waals surface area contributed by atoms with Gasteiger partial charge in [-0.3, -0.25) is 0 Å². The van der Waals surface area contributed by atoms with Gasteiger partial charge in [0.2, 0.25) is 0 Å². The Hall–Kier alpha value is -3.60. The number of nitrogens with one attached hydrogen (secondary N) is 1. The van der Waals surface area contributed by atoms with E-state index in [0.29, 0.717) is 17.2 Å². The Kier molecular flexibility index (Phi) is 4.28. The smallest absolute Gasteiger partial charge is 0.337 e. The van der Waals surface area contributed by atoms with Crippen LogP contribution in [0.25, 0.3) is 11.0 Å². The van der Waals surface area contributed by atoms with Crippen molar-refractivity contribution in [2.24, 2.45) is 0 Å². The molecule has 0 spiro atoms. The van der Waals surface area contributed by atoms with Crippen molar-refractivity contribution in [3.8, 4) is 0 Å². The molecule has 1 fully saturated rings. The highest BCUT2D eigenvalue weighted by Gasteiger charge is 2.25. The average molecular weight is 383 g/mol. The number of anilines is 2. The second kappa shape index (κ2) is 7.09. The SMILES string of the molecule is O=C(O)c1cc(C2CC2)ccc1Nc1cnc2c(ccn2Cc2ccccc2)c1. The first kappa shape index (κ1) is 17.5. The molecule has 0 amide bonds. The van der Waals surface area contributed by atoms with Crippen molar-refractivity contribution < 1.29 is 9.90 Å². The van der Waals surface area contributed by atoms with Crippen molar-refractivity contribution in [2.75, 3.05) is 5.32 Å². The van der Waals surface area contributed by atoms with E-state index in [1.165, 1.54) is 5.56 Å². The van der Waals surface area contributed by atoms with Gasteiger partial charge in [-0.1, -0.05) is 36.4 Å². The Bertz CT molecular complexity index is 1190. The van der Waals surface area contributed by atoms with Gasteiger partial charge in [-0.2, -0.15) is 0 Å². The summed E-state index contributed by atoms with van der Waals surface area (Å²) in [6.07, 6.45) is 6.07. The number of pyridine rings is 1. The summed E-state index contributed by atoms with van der Waals surface area (Å²) < 4.78 is 2.11. The molecule has 1 saturated carbocycles. The van der Waals surface area contributed by atoms with Crippen LogP contribution in [0.2, 0.25) is 0 Å². The zero-order valence-corrected chi connectivity index (χ0v) is 15.9. The lowest BCUT2D eigenvalue weighted by Gasteiger charge is -2.12. The summed E-state index contributed by atoms with van der Waals surface area (Å²) in [6.45, 7) is 0.760. The van der Waals surface area contributed by atoms with Crippen LogP contribution in [-0.2, 0) is 6.54 Å². The number of hydrogen-bond donors (Lipinski definition) is 2. The molecule has 1 aliphatic carbocycles. The highest BCUT2D eigenvalue weighted by atomic mass is 16.4. The molecule has 0 saturated heterocycles. The van der Waals surface area contributed by atoms with Crippen LogP contribution in [0, 0.1) is 0 Å². The number of aromatic nitrogens is 2. The van der Waals surface area contributed by atoms with E-state index < -0.39 is 5.97 Å². The highest BCUT2D eigenvalue weighted by Crippen LogP contribution is 2.41. The second-order valence-electron chi connectivity index (χ2n) is 7.58. The van der Waals surface area contributed by atoms with Gasteiger partial charge in [-0.15, -0.1) is 0 Å². The summed E-state index contributed by atoms with van der Waals surface area (Å²) >= 11 is 0. The lowest BCUT2D eigenvalue weighted by Crippen LogP contribution is -2.04. The van der Waals surface area contributed by atoms with Crippen molar-refractivity contribution in [3.63, 3.8) is 0 Å². The molecule has 29 heavy (non-hydrogen) atoms. The van der Waals surface area contributed by atoms with Gasteiger partial charge >= 0.3 is 5.97 Å². The van der Waals surface area contributed by atoms with Gasteiger partial charge in [0.15, 0.2) is 0 Å². The summed E-state index contributed by atoms with van der Waals surface area (Å²) in [6, 6.07) is 20.0. The molecule has 0 aliphatic heterocycles. The van der Waals surface area contributed by atoms with Crippen molar-refractivity contribution in [1.82, 2.24) is 9.55 Å². The standard InChI is InChI=1S/C24H21N3O2/c28-24(29)21-13-18(17-6-7-17)8-9-22(21)26-20-12-19-10-11-27(23(19)25-14-20)15-16-4-2-1-3-5-16/h1-5,8-14,17,26H,6-7,15H2,(H,28,29). The number of carboxylic acids is 1. The molecular weight excluding hydrogens is 362 g/mol. The number of fused-ring (bicyclic) bond motifs is 1. The number of aromatic carboxylic acids is 1. The van der Waals surface area contributed by atoms with Gasteiger partial charge in [0, 0.05) is 18.1 Å². The Morgan fingerprint density at radius 2 is 1.93 bits per heavy atom. The van der Waals surface area contributed by atoms with Crippen LogP contribution in [0.1, 0.15) is 40.2 Å². The van der Waals surface area contributed by atoms with Crippen LogP contribution >= 0.6 is 0 Å². The first-order valence-electron chi connectivity index (χ1n) is 9.80. The van der Waals surface area contributed by atoms with Gasteiger partial charge in [0.1, 0.15) is 5.65 Å². The number of carboxylic acid groups (broad SMARTS) is 1. The first-order chi connectivity index (χ1) is 14.2. The van der Waals surface area contributed by atoms with Crippen molar-refractivity contribution in [3.05, 3.63) is 89.7 Å². The molecule has 2 aromatic carbocycles. The Balaban J connectivity index is 1.42. The molecule has 144 valence electrons. The number of rotatable bonds is 6. The molecule has 5 nitrogen and oxygen atoms in total. The van der Waals surface area contributed by atoms with Gasteiger partial charge < -0.3 is 15.0 Å². The van der Waals surface area contributed by atoms with Gasteiger partial charge in [0.05, 0.1) is 23.1 Å². The molecule has 1 aliphatic rings. The van der Waals surface area contributed by atoms with E-state index in [4.69, 9.17) is 0 Å². The third kappa shape index (κ3) is 3.59. The zero-order valence-electron chi connectivity index (χ0n) is 15.9. The van der Waals surface area contributed by atoms with Gasteiger partial charge in [-0.05, 0) is 54.2 Å². The molecule has 2 heterocycles. The number of benzene rings is 2. The predicted octanol–water partition coefficient (Wildman–Crippen LogP) is 5.40. The fraction of sp³-hybridized carbons (Fsp3) is 0.167. The Morgan fingerprint density at radius 3 is 2.69 bits per heavy atom. The maximum atomic E-state index is 11.7. The third-order valence-electron chi connectivity index (χ3n) is 5.40. The van der Waals surface area contributed by atoms with Crippen molar-refractivity contribution >= 4 is 28.4 Å². The first-order valence-corrected chi connectivity index (χ1v) is 9.80. The second-order valence-corrected chi connectivity index (χ2v) is 7.58. The summed E-state index contributed by atoms with van der Waals surface area (Å²) in [4.78, 5) is 16.4. The largest absolute Gasteiger partial charge is 0.478 e. The molecule has 2 N–H and O–H groups in total. The molecule has 0 radical (unpaired) electrons. The molecule has 5 heteroatoms. The topological polar surface area (TPSA) is 67.2 Å². The molecule has 0 unspecified atom stereocenters. The number of hydrogen-bond acceptors (Lipinski definition) is 3. The summed E-state index contributed by atoms with van der Waals surface area (Å²) in [7, 11) is 0. The minimum Gasteiger partial charge on any atom is -0.478 e. The van der Waals surface area contributed by atoms with Crippen LogP contribution in [-0.4, -0.2) is 20.6 Å². The van der Waals surface area contributed by atoms with Crippen molar-refractivity contribution in [2.45, 2.75) is 25.3 Å². The van der Waals surface area contributed by atoms with Crippen LogP contribution in [0.4, 0.5) is 11.4 Å². The quantitative estimate of drug-likeness (QED) is 0.468. The van der Waals surface area contributed by atoms with E-state index in [1.807, 2.05) is 48.7 Å². The minimum atomic E-state index is -0.918. The summed E-state index contributed by atoms with van der Waals surface area (Å²) in [5.74, 6) is -0.400. The molecular formula is C24H21N3O2. The van der Waals surface area contributed by atoms with E-state index in [0.717, 1.165) is 41.7 Å². The maximum absolute atomic E-state index is 11.7. The normalized spacial score (nSPS) is 13.5. The van der Waals surface area contributed by atoms with E-state index in [1.54, 1.807) is 12.3 Å². The molecule has 0 bridgehead atoms. The Labute approximate surface area is 168 Å². The lowest BCUT2D eigenvalue weighted by molar-refractivity contribution is 0.0698.